The van der Waals surface area contributed by atoms with E-state index in [2.05, 4.69) is 37.4 Å². The van der Waals surface area contributed by atoms with Crippen LogP contribution in [0.4, 0.5) is 28.8 Å². The highest BCUT2D eigenvalue weighted by Crippen LogP contribution is 2.28. The van der Waals surface area contributed by atoms with E-state index in [0.29, 0.717) is 29.4 Å². The molecule has 1 aromatic carbocycles. The van der Waals surface area contributed by atoms with E-state index in [4.69, 9.17) is 20.0 Å². The van der Waals surface area contributed by atoms with Gasteiger partial charge in [0.1, 0.15) is 11.4 Å². The van der Waals surface area contributed by atoms with Gasteiger partial charge in [0.25, 0.3) is 12.1 Å². The summed E-state index contributed by atoms with van der Waals surface area (Å²) in [5.74, 6) is -0.277. The van der Waals surface area contributed by atoms with Gasteiger partial charge in [-0.1, -0.05) is 18.7 Å². The Hall–Kier alpha value is -4.75. The predicted octanol–water partition coefficient (Wildman–Crippen LogP) is 1.63. The quantitative estimate of drug-likeness (QED) is 0.140. The highest BCUT2D eigenvalue weighted by atomic mass is 16.7. The Kier molecular flexibility index (Phi) is 9.80. The van der Waals surface area contributed by atoms with Crippen LogP contribution in [0.15, 0.2) is 61.6 Å². The van der Waals surface area contributed by atoms with Crippen LogP contribution in [0, 0.1) is 0 Å². The molecule has 0 saturated carbocycles. The summed E-state index contributed by atoms with van der Waals surface area (Å²) in [4.78, 5) is 40.8. The maximum absolute atomic E-state index is 12.1. The number of nitrogens with two attached hydrogens (primary N) is 1. The lowest BCUT2D eigenvalue weighted by atomic mass is 10.2. The zero-order valence-corrected chi connectivity index (χ0v) is 22.3. The first kappa shape index (κ1) is 28.3. The minimum absolute atomic E-state index is 0.0683. The molecule has 13 nitrogen and oxygen atoms in total. The van der Waals surface area contributed by atoms with E-state index in [1.165, 1.54) is 6.20 Å². The van der Waals surface area contributed by atoms with Crippen LogP contribution < -0.4 is 36.0 Å². The lowest BCUT2D eigenvalue weighted by molar-refractivity contribution is -0.891. The minimum Gasteiger partial charge on any atom is -0.489 e. The first-order valence-electron chi connectivity index (χ1n) is 12.7. The number of amides is 2. The summed E-state index contributed by atoms with van der Waals surface area (Å²) in [6, 6.07) is 8.71. The third kappa shape index (κ3) is 7.65. The van der Waals surface area contributed by atoms with Crippen molar-refractivity contribution < 1.29 is 28.6 Å². The van der Waals surface area contributed by atoms with Crippen LogP contribution in [-0.2, 0) is 9.53 Å². The Morgan fingerprint density at radius 3 is 2.67 bits per heavy atom. The fourth-order valence-electron chi connectivity index (χ4n) is 3.94. The van der Waals surface area contributed by atoms with Gasteiger partial charge in [-0.25, -0.2) is 4.98 Å². The number of nitrogens with one attached hydrogen (secondary N) is 3. The van der Waals surface area contributed by atoms with Gasteiger partial charge in [-0.05, 0) is 18.2 Å². The first-order chi connectivity index (χ1) is 19.5. The Morgan fingerprint density at radius 2 is 1.95 bits per heavy atom. The van der Waals surface area contributed by atoms with Gasteiger partial charge in [0.15, 0.2) is 6.61 Å². The van der Waals surface area contributed by atoms with Crippen LogP contribution >= 0.6 is 0 Å². The standard InChI is InChI=1S/C27H32N8O5/c1-3-24(36)30-20-7-4-5-8-21(20)31-26-19(25(28)37)17-29-27(33-26)32-22-9-11-35(18-23(22)38-2)40-14-6-10-34-12-15-39-16-13-34/h3-5,7-9,11,17-18H,1,6,10,12-16H2,2H3,(H4,28,29,30,31,33,36,37)/p+1. The predicted molar refractivity (Wildman–Crippen MR) is 149 cm³/mol. The number of benzene rings is 1. The summed E-state index contributed by atoms with van der Waals surface area (Å²) < 4.78 is 12.5. The molecular formula is C27H33N8O5+. The molecule has 0 unspecified atom stereocenters. The molecule has 0 aliphatic carbocycles. The molecule has 0 spiro atoms. The monoisotopic (exact) mass is 549 g/mol. The highest BCUT2D eigenvalue weighted by molar-refractivity contribution is 6.02. The van der Waals surface area contributed by atoms with Crippen LogP contribution in [-0.4, -0.2) is 73.2 Å². The Bertz CT molecular complexity index is 1350. The second-order valence-electron chi connectivity index (χ2n) is 8.74. The van der Waals surface area contributed by atoms with E-state index in [1.54, 1.807) is 54.6 Å². The number of hydrogen-bond acceptors (Lipinski definition) is 10. The van der Waals surface area contributed by atoms with Crippen LogP contribution in [0.25, 0.3) is 0 Å². The maximum atomic E-state index is 12.1. The van der Waals surface area contributed by atoms with Crippen molar-refractivity contribution in [2.75, 3.05) is 62.5 Å². The van der Waals surface area contributed by atoms with Gasteiger partial charge in [-0.3, -0.25) is 19.3 Å². The van der Waals surface area contributed by atoms with Crippen molar-refractivity contribution in [1.29, 1.82) is 0 Å². The number of morpholine rings is 1. The van der Waals surface area contributed by atoms with Crippen molar-refractivity contribution in [2.45, 2.75) is 6.42 Å². The van der Waals surface area contributed by atoms with E-state index in [-0.39, 0.29) is 23.2 Å². The van der Waals surface area contributed by atoms with Gasteiger partial charge in [0, 0.05) is 43.0 Å². The number of pyridine rings is 1. The zero-order valence-electron chi connectivity index (χ0n) is 22.3. The topological polar surface area (TPSA) is 157 Å². The second kappa shape index (κ2) is 13.9. The van der Waals surface area contributed by atoms with E-state index < -0.39 is 5.91 Å². The average molecular weight is 550 g/mol. The van der Waals surface area contributed by atoms with Crippen LogP contribution in [0.5, 0.6) is 5.75 Å². The van der Waals surface area contributed by atoms with Gasteiger partial charge in [0.05, 0.1) is 37.4 Å². The highest BCUT2D eigenvalue weighted by Gasteiger charge is 2.17. The van der Waals surface area contributed by atoms with Crippen molar-refractivity contribution in [1.82, 2.24) is 14.9 Å². The molecule has 210 valence electrons. The van der Waals surface area contributed by atoms with Crippen molar-refractivity contribution >= 4 is 40.6 Å². The molecule has 5 N–H and O–H groups in total. The molecule has 3 heterocycles. The Morgan fingerprint density at radius 1 is 1.18 bits per heavy atom. The van der Waals surface area contributed by atoms with Gasteiger partial charge < -0.3 is 31.2 Å². The molecule has 2 amide bonds. The average Bonchev–Trinajstić information content (AvgIpc) is 2.97. The second-order valence-corrected chi connectivity index (χ2v) is 8.74. The molecule has 1 aliphatic heterocycles. The van der Waals surface area contributed by atoms with Gasteiger partial charge in [-0.2, -0.15) is 4.98 Å². The molecule has 2 aromatic heterocycles. The molecule has 0 bridgehead atoms. The lowest BCUT2D eigenvalue weighted by Crippen LogP contribution is -2.44. The number of carbonyl (C=O) groups excluding carboxylic acids is 2. The van der Waals surface area contributed by atoms with E-state index in [0.717, 1.165) is 45.3 Å². The normalized spacial score (nSPS) is 13.2. The van der Waals surface area contributed by atoms with Crippen molar-refractivity contribution in [3.63, 3.8) is 0 Å². The Balaban J connectivity index is 1.46. The number of rotatable bonds is 13. The molecule has 1 saturated heterocycles. The summed E-state index contributed by atoms with van der Waals surface area (Å²) in [5, 5.41) is 8.87. The van der Waals surface area contributed by atoms with Crippen molar-refractivity contribution in [3.05, 3.63) is 67.1 Å². The third-order valence-electron chi connectivity index (χ3n) is 6.00. The number of anilines is 5. The number of primary amides is 1. The number of aromatic nitrogens is 3. The lowest BCUT2D eigenvalue weighted by Gasteiger charge is -2.25. The molecule has 1 aliphatic rings. The molecule has 0 atom stereocenters. The number of para-hydroxylation sites is 2. The third-order valence-corrected chi connectivity index (χ3v) is 6.00. The number of nitrogens with zero attached hydrogens (tertiary/aromatic N) is 4. The summed E-state index contributed by atoms with van der Waals surface area (Å²) in [5.41, 5.74) is 7.16. The molecular weight excluding hydrogens is 516 g/mol. The summed E-state index contributed by atoms with van der Waals surface area (Å²) in [6.45, 7) is 8.39. The van der Waals surface area contributed by atoms with Crippen LogP contribution in [0.1, 0.15) is 16.8 Å². The van der Waals surface area contributed by atoms with E-state index in [9.17, 15) is 9.59 Å². The number of methoxy groups -OCH3 is 1. The Labute approximate surface area is 231 Å². The van der Waals surface area contributed by atoms with Crippen LogP contribution in [0.3, 0.4) is 0 Å². The SMILES string of the molecule is C=CC(=O)Nc1ccccc1Nc1nc(Nc2cc[n+](OCCCN3CCOCC3)cc2OC)ncc1C(N)=O. The van der Waals surface area contributed by atoms with Crippen molar-refractivity contribution in [2.24, 2.45) is 5.73 Å². The zero-order chi connectivity index (χ0) is 28.3. The molecule has 1 fully saturated rings. The summed E-state index contributed by atoms with van der Waals surface area (Å²) in [6.07, 6.45) is 6.80. The first-order valence-corrected chi connectivity index (χ1v) is 12.7. The number of carbonyl (C=O) groups is 2. The summed E-state index contributed by atoms with van der Waals surface area (Å²) >= 11 is 0. The van der Waals surface area contributed by atoms with Crippen molar-refractivity contribution in [3.8, 4) is 5.75 Å². The fraction of sp³-hybridized carbons (Fsp3) is 0.296. The van der Waals surface area contributed by atoms with Gasteiger partial charge >= 0.3 is 0 Å². The fourth-order valence-corrected chi connectivity index (χ4v) is 3.94. The van der Waals surface area contributed by atoms with Gasteiger partial charge in [-0.15, -0.1) is 0 Å². The molecule has 0 radical (unpaired) electrons. The van der Waals surface area contributed by atoms with Gasteiger partial charge in [0.2, 0.25) is 23.8 Å². The van der Waals surface area contributed by atoms with Crippen LogP contribution in [0.2, 0.25) is 0 Å². The maximum Gasteiger partial charge on any atom is 0.266 e. The smallest absolute Gasteiger partial charge is 0.266 e. The summed E-state index contributed by atoms with van der Waals surface area (Å²) in [7, 11) is 1.54. The number of hydrogen-bond donors (Lipinski definition) is 4. The largest absolute Gasteiger partial charge is 0.489 e. The van der Waals surface area contributed by atoms with E-state index in [1.807, 2.05) is 0 Å². The molecule has 13 heteroatoms. The minimum atomic E-state index is -0.717. The molecule has 40 heavy (non-hydrogen) atoms. The van der Waals surface area contributed by atoms with E-state index >= 15 is 0 Å². The molecule has 3 aromatic rings. The number of ether oxygens (including phenoxy) is 2. The molecule has 4 rings (SSSR count).